The second-order valence-corrected chi connectivity index (χ2v) is 6.21. The molecular weight excluding hydrogens is 320 g/mol. The summed E-state index contributed by atoms with van der Waals surface area (Å²) in [5, 5.41) is 7.65. The van der Waals surface area contributed by atoms with E-state index in [-0.39, 0.29) is 18.0 Å². The Morgan fingerprint density at radius 2 is 2.12 bits per heavy atom. The molecule has 0 radical (unpaired) electrons. The molecule has 0 aliphatic carbocycles. The van der Waals surface area contributed by atoms with E-state index in [1.807, 2.05) is 31.7 Å². The highest BCUT2D eigenvalue weighted by Crippen LogP contribution is 2.34. The number of nitrogens with zero attached hydrogens (tertiary/aromatic N) is 7. The van der Waals surface area contributed by atoms with Crippen molar-refractivity contribution >= 4 is 22.9 Å². The lowest BCUT2D eigenvalue weighted by molar-refractivity contribution is -0.127. The van der Waals surface area contributed by atoms with E-state index < -0.39 is 0 Å². The highest BCUT2D eigenvalue weighted by atomic mass is 16.2. The highest BCUT2D eigenvalue weighted by molar-refractivity contribution is 5.85. The Morgan fingerprint density at radius 3 is 2.84 bits per heavy atom. The molecule has 0 spiro atoms. The molecule has 2 atom stereocenters. The number of likely N-dealkylation sites (tertiary alicyclic amines) is 1. The molecule has 130 valence electrons. The Kier molecular flexibility index (Phi) is 3.63. The second kappa shape index (κ2) is 5.83. The van der Waals surface area contributed by atoms with Crippen molar-refractivity contribution < 1.29 is 4.79 Å². The van der Waals surface area contributed by atoms with E-state index >= 15 is 0 Å². The molecule has 0 unspecified atom stereocenters. The van der Waals surface area contributed by atoms with Crippen molar-refractivity contribution in [2.75, 3.05) is 12.4 Å². The third-order valence-corrected chi connectivity index (χ3v) is 4.81. The van der Waals surface area contributed by atoms with E-state index in [0.29, 0.717) is 12.2 Å². The Hall–Kier alpha value is -2.97. The van der Waals surface area contributed by atoms with E-state index in [1.165, 1.54) is 6.33 Å². The number of amides is 1. The summed E-state index contributed by atoms with van der Waals surface area (Å²) in [6, 6.07) is 1.71. The zero-order chi connectivity index (χ0) is 17.6. The van der Waals surface area contributed by atoms with Crippen molar-refractivity contribution in [1.82, 2.24) is 34.2 Å². The predicted octanol–water partition coefficient (Wildman–Crippen LogP) is 0.964. The van der Waals surface area contributed by atoms with Gasteiger partial charge in [-0.25, -0.2) is 15.0 Å². The molecule has 4 heterocycles. The van der Waals surface area contributed by atoms with Crippen LogP contribution in [0.1, 0.15) is 25.1 Å². The third-order valence-electron chi connectivity index (χ3n) is 4.81. The third kappa shape index (κ3) is 2.43. The zero-order valence-electron chi connectivity index (χ0n) is 14.4. The number of likely N-dealkylation sites (N-methyl/N-ethyl adjacent to an activating group) is 1. The maximum absolute atomic E-state index is 12.3. The summed E-state index contributed by atoms with van der Waals surface area (Å²) < 4.78 is 3.77. The fraction of sp³-hybridized carbons (Fsp3) is 0.438. The number of fused-ring (bicyclic) bond motifs is 1. The molecule has 1 N–H and O–H groups in total. The van der Waals surface area contributed by atoms with Crippen LogP contribution in [-0.4, -0.2) is 53.2 Å². The van der Waals surface area contributed by atoms with Gasteiger partial charge in [-0.1, -0.05) is 0 Å². The minimum Gasteiger partial charge on any atom is -0.362 e. The van der Waals surface area contributed by atoms with E-state index in [4.69, 9.17) is 0 Å². The highest BCUT2D eigenvalue weighted by Gasteiger charge is 2.40. The molecule has 0 saturated carbocycles. The summed E-state index contributed by atoms with van der Waals surface area (Å²) >= 11 is 0. The average Bonchev–Trinajstić information content (AvgIpc) is 3.27. The fourth-order valence-electron chi connectivity index (χ4n) is 3.47. The summed E-state index contributed by atoms with van der Waals surface area (Å²) in [6.07, 6.45) is 5.42. The topological polar surface area (TPSA) is 93.8 Å². The molecule has 1 aliphatic heterocycles. The number of aromatic nitrogens is 6. The van der Waals surface area contributed by atoms with Crippen molar-refractivity contribution in [1.29, 1.82) is 0 Å². The van der Waals surface area contributed by atoms with Gasteiger partial charge >= 0.3 is 0 Å². The average molecular weight is 340 g/mol. The van der Waals surface area contributed by atoms with Crippen LogP contribution in [0.2, 0.25) is 0 Å². The van der Waals surface area contributed by atoms with Gasteiger partial charge in [-0.2, -0.15) is 5.10 Å². The molecule has 0 bridgehead atoms. The van der Waals surface area contributed by atoms with Crippen LogP contribution in [0.5, 0.6) is 0 Å². The fourth-order valence-corrected chi connectivity index (χ4v) is 3.47. The first-order chi connectivity index (χ1) is 12.1. The van der Waals surface area contributed by atoms with Crippen LogP contribution < -0.4 is 5.32 Å². The Bertz CT molecular complexity index is 929. The minimum absolute atomic E-state index is 0.0908. The van der Waals surface area contributed by atoms with Gasteiger partial charge in [0.1, 0.15) is 11.8 Å². The lowest BCUT2D eigenvalue weighted by Crippen LogP contribution is -2.31. The zero-order valence-corrected chi connectivity index (χ0v) is 14.4. The first-order valence-electron chi connectivity index (χ1n) is 8.26. The molecule has 3 aromatic rings. The van der Waals surface area contributed by atoms with Crippen LogP contribution in [-0.2, 0) is 18.4 Å². The van der Waals surface area contributed by atoms with Crippen molar-refractivity contribution in [3.05, 3.63) is 30.6 Å². The molecule has 25 heavy (non-hydrogen) atoms. The van der Waals surface area contributed by atoms with Crippen LogP contribution in [0.3, 0.4) is 0 Å². The van der Waals surface area contributed by atoms with Gasteiger partial charge in [0.2, 0.25) is 5.91 Å². The van der Waals surface area contributed by atoms with Gasteiger partial charge in [-0.3, -0.25) is 9.48 Å². The predicted molar refractivity (Wildman–Crippen MR) is 91.7 cm³/mol. The maximum atomic E-state index is 12.3. The summed E-state index contributed by atoms with van der Waals surface area (Å²) in [4.78, 5) is 27.2. The summed E-state index contributed by atoms with van der Waals surface area (Å²) in [7, 11) is 3.71. The summed E-state index contributed by atoms with van der Waals surface area (Å²) in [5.41, 5.74) is 2.49. The first-order valence-corrected chi connectivity index (χ1v) is 8.26. The van der Waals surface area contributed by atoms with E-state index in [2.05, 4.69) is 25.4 Å². The van der Waals surface area contributed by atoms with Crippen LogP contribution in [0.4, 0.5) is 5.82 Å². The number of hydrogen-bond acceptors (Lipinski definition) is 6. The van der Waals surface area contributed by atoms with Gasteiger partial charge in [0, 0.05) is 33.3 Å². The first kappa shape index (κ1) is 15.6. The van der Waals surface area contributed by atoms with Gasteiger partial charge in [-0.15, -0.1) is 0 Å². The minimum atomic E-state index is -0.113. The van der Waals surface area contributed by atoms with Crippen molar-refractivity contribution in [2.45, 2.75) is 32.0 Å². The van der Waals surface area contributed by atoms with Crippen molar-refractivity contribution in [3.63, 3.8) is 0 Å². The van der Waals surface area contributed by atoms with Crippen LogP contribution in [0.25, 0.3) is 11.2 Å². The molecule has 1 saturated heterocycles. The molecule has 4 rings (SSSR count). The monoisotopic (exact) mass is 340 g/mol. The van der Waals surface area contributed by atoms with Gasteiger partial charge < -0.3 is 14.8 Å². The maximum Gasteiger partial charge on any atom is 0.225 e. The number of carbonyl (C=O) groups is 1. The smallest absolute Gasteiger partial charge is 0.225 e. The SMILES string of the molecule is CCn1cnc2c(N[C@@H]3CC(=O)N(C)[C@H]3c3ccnn3C)ncnc21. The normalized spacial score (nSPS) is 20.6. The van der Waals surface area contributed by atoms with E-state index in [1.54, 1.807) is 22.1 Å². The van der Waals surface area contributed by atoms with Gasteiger partial charge in [0.15, 0.2) is 11.5 Å². The number of carbonyl (C=O) groups excluding carboxylic acids is 1. The molecular formula is C16H20N8O. The Balaban J connectivity index is 1.71. The lowest BCUT2D eigenvalue weighted by Gasteiger charge is -2.26. The molecule has 3 aromatic heterocycles. The second-order valence-electron chi connectivity index (χ2n) is 6.21. The van der Waals surface area contributed by atoms with Crippen LogP contribution in [0.15, 0.2) is 24.9 Å². The summed E-state index contributed by atoms with van der Waals surface area (Å²) in [5.74, 6) is 0.741. The number of rotatable bonds is 4. The van der Waals surface area contributed by atoms with E-state index in [0.717, 1.165) is 23.4 Å². The number of aryl methyl sites for hydroxylation is 2. The number of nitrogens with one attached hydrogen (secondary N) is 1. The molecule has 1 amide bonds. The summed E-state index contributed by atoms with van der Waals surface area (Å²) in [6.45, 7) is 2.83. The largest absolute Gasteiger partial charge is 0.362 e. The van der Waals surface area contributed by atoms with Gasteiger partial charge in [-0.05, 0) is 13.0 Å². The quantitative estimate of drug-likeness (QED) is 0.760. The molecule has 1 fully saturated rings. The molecule has 0 aromatic carbocycles. The van der Waals surface area contributed by atoms with E-state index in [9.17, 15) is 4.79 Å². The Morgan fingerprint density at radius 1 is 1.28 bits per heavy atom. The number of anilines is 1. The number of hydrogen-bond donors (Lipinski definition) is 1. The van der Waals surface area contributed by atoms with Gasteiger partial charge in [0.05, 0.1) is 24.1 Å². The van der Waals surface area contributed by atoms with Crippen LogP contribution >= 0.6 is 0 Å². The standard InChI is InChI=1S/C16H20N8O/c1-4-24-9-19-13-15(17-8-18-16(13)24)21-10-7-12(25)22(2)14(10)11-5-6-20-23(11)3/h5-6,8-10,14H,4,7H2,1-3H3,(H,17,18,21)/t10-,14-/m1/s1. The molecule has 9 nitrogen and oxygen atoms in total. The number of imidazole rings is 1. The van der Waals surface area contributed by atoms with Crippen LogP contribution in [0, 0.1) is 0 Å². The van der Waals surface area contributed by atoms with Crippen molar-refractivity contribution in [3.8, 4) is 0 Å². The molecule has 1 aliphatic rings. The van der Waals surface area contributed by atoms with Gasteiger partial charge in [0.25, 0.3) is 0 Å². The molecule has 9 heteroatoms. The Labute approximate surface area is 144 Å². The lowest BCUT2D eigenvalue weighted by atomic mass is 10.1. The van der Waals surface area contributed by atoms with Crippen molar-refractivity contribution in [2.24, 2.45) is 7.05 Å².